The number of hydroxylamine groups is 2. The zero-order valence-electron chi connectivity index (χ0n) is 19.9. The summed E-state index contributed by atoms with van der Waals surface area (Å²) >= 11 is 0. The molecule has 0 bridgehead atoms. The van der Waals surface area contributed by atoms with Gasteiger partial charge in [0.1, 0.15) is 11.4 Å². The first-order chi connectivity index (χ1) is 16.5. The van der Waals surface area contributed by atoms with Gasteiger partial charge in [-0.1, -0.05) is 12.1 Å². The number of benzene rings is 1. The molecule has 2 aliphatic rings. The Balaban J connectivity index is 1.45. The van der Waals surface area contributed by atoms with Gasteiger partial charge in [-0.2, -0.15) is 5.10 Å². The number of methoxy groups -OCH3 is 3. The minimum Gasteiger partial charge on any atom is -0.494 e. The maximum Gasteiger partial charge on any atom is 0.311 e. The highest BCUT2D eigenvalue weighted by atomic mass is 16.7. The van der Waals surface area contributed by atoms with Gasteiger partial charge in [0.15, 0.2) is 0 Å². The molecule has 1 amide bonds. The smallest absolute Gasteiger partial charge is 0.311 e. The number of nitrogens with zero attached hydrogens (tertiary/aromatic N) is 4. The van der Waals surface area contributed by atoms with E-state index >= 15 is 0 Å². The van der Waals surface area contributed by atoms with Gasteiger partial charge in [0.2, 0.25) is 5.91 Å². The molecule has 2 aromatic rings. The fourth-order valence-electron chi connectivity index (χ4n) is 5.00. The monoisotopic (exact) mass is 472 g/mol. The molecular weight excluding hydrogens is 440 g/mol. The number of amides is 1. The molecule has 10 nitrogen and oxygen atoms in total. The molecule has 1 aromatic carbocycles. The molecule has 0 radical (unpaired) electrons. The number of hydrogen-bond donors (Lipinski definition) is 0. The summed E-state index contributed by atoms with van der Waals surface area (Å²) in [5.74, 6) is -0.330. The highest BCUT2D eigenvalue weighted by Crippen LogP contribution is 2.44. The third kappa shape index (κ3) is 4.66. The van der Waals surface area contributed by atoms with Gasteiger partial charge >= 0.3 is 5.97 Å². The van der Waals surface area contributed by atoms with Crippen molar-refractivity contribution in [2.75, 3.05) is 47.6 Å². The number of likely N-dealkylation sites (tertiary alicyclic amines) is 1. The highest BCUT2D eigenvalue weighted by molar-refractivity contribution is 5.88. The first kappa shape index (κ1) is 24.2. The lowest BCUT2D eigenvalue weighted by Crippen LogP contribution is -2.57. The molecule has 2 fully saturated rings. The molecule has 1 unspecified atom stereocenters. The number of aromatic nitrogens is 2. The van der Waals surface area contributed by atoms with E-state index in [0.717, 1.165) is 17.0 Å². The topological polar surface area (TPSA) is 95.4 Å². The summed E-state index contributed by atoms with van der Waals surface area (Å²) in [7, 11) is 4.59. The van der Waals surface area contributed by atoms with Crippen LogP contribution in [0, 0.1) is 5.92 Å². The van der Waals surface area contributed by atoms with Crippen LogP contribution in [0.15, 0.2) is 36.7 Å². The molecule has 3 heterocycles. The number of carbonyl (C=O) groups excluding carboxylic acids is 2. The quantitative estimate of drug-likeness (QED) is 0.403. The second kappa shape index (κ2) is 10.5. The van der Waals surface area contributed by atoms with Crippen molar-refractivity contribution in [3.8, 4) is 11.4 Å². The standard InChI is InChI=1S/C24H32N4O6/c1-31-12-13-34-28-22(29)14-19(23(30)33-3)24(28)8-10-26(11-9-24)16-18-15-25-27(17-18)20-6-4-5-7-21(20)32-2/h4-7,15,17,19H,8-14,16H2,1-3H3. The van der Waals surface area contributed by atoms with Crippen LogP contribution in [0.2, 0.25) is 0 Å². The number of ether oxygens (including phenoxy) is 3. The van der Waals surface area contributed by atoms with Crippen molar-refractivity contribution in [2.24, 2.45) is 5.92 Å². The van der Waals surface area contributed by atoms with Gasteiger partial charge in [0, 0.05) is 44.9 Å². The van der Waals surface area contributed by atoms with Crippen molar-refractivity contribution < 1.29 is 28.6 Å². The van der Waals surface area contributed by atoms with Crippen LogP contribution in [0.25, 0.3) is 5.69 Å². The van der Waals surface area contributed by atoms with Crippen LogP contribution in [0.1, 0.15) is 24.8 Å². The third-order valence-electron chi connectivity index (χ3n) is 6.75. The van der Waals surface area contributed by atoms with E-state index in [1.165, 1.54) is 12.2 Å². The molecule has 34 heavy (non-hydrogen) atoms. The lowest BCUT2D eigenvalue weighted by Gasteiger charge is -2.45. The zero-order valence-corrected chi connectivity index (χ0v) is 19.9. The maximum absolute atomic E-state index is 12.8. The van der Waals surface area contributed by atoms with E-state index in [1.807, 2.05) is 41.3 Å². The second-order valence-electron chi connectivity index (χ2n) is 8.64. The summed E-state index contributed by atoms with van der Waals surface area (Å²) in [6, 6.07) is 7.74. The summed E-state index contributed by atoms with van der Waals surface area (Å²) in [5, 5.41) is 5.94. The Morgan fingerprint density at radius 1 is 1.15 bits per heavy atom. The fraction of sp³-hybridized carbons (Fsp3) is 0.542. The summed E-state index contributed by atoms with van der Waals surface area (Å²) in [6.07, 6.45) is 5.19. The van der Waals surface area contributed by atoms with E-state index in [2.05, 4.69) is 10.00 Å². The third-order valence-corrected chi connectivity index (χ3v) is 6.75. The van der Waals surface area contributed by atoms with Crippen molar-refractivity contribution in [1.29, 1.82) is 0 Å². The van der Waals surface area contributed by atoms with Crippen LogP contribution >= 0.6 is 0 Å². The Kier molecular flexibility index (Phi) is 7.50. The Morgan fingerprint density at radius 3 is 2.62 bits per heavy atom. The molecule has 2 aliphatic heterocycles. The first-order valence-electron chi connectivity index (χ1n) is 11.4. The molecule has 1 aromatic heterocycles. The normalized spacial score (nSPS) is 20.1. The van der Waals surface area contributed by atoms with Crippen molar-refractivity contribution in [3.05, 3.63) is 42.2 Å². The fourth-order valence-corrected chi connectivity index (χ4v) is 5.00. The van der Waals surface area contributed by atoms with Crippen LogP contribution in [0.3, 0.4) is 0 Å². The summed E-state index contributed by atoms with van der Waals surface area (Å²) in [4.78, 5) is 33.4. The van der Waals surface area contributed by atoms with Crippen LogP contribution in [0.5, 0.6) is 5.75 Å². The number of esters is 1. The largest absolute Gasteiger partial charge is 0.494 e. The Labute approximate surface area is 199 Å². The summed E-state index contributed by atoms with van der Waals surface area (Å²) in [5.41, 5.74) is 1.25. The number of carbonyl (C=O) groups is 2. The molecule has 0 N–H and O–H groups in total. The minimum atomic E-state index is -0.698. The number of rotatable bonds is 9. The van der Waals surface area contributed by atoms with Crippen LogP contribution in [0.4, 0.5) is 0 Å². The molecule has 1 spiro atoms. The van der Waals surface area contributed by atoms with Gasteiger partial charge < -0.3 is 14.2 Å². The minimum absolute atomic E-state index is 0.103. The van der Waals surface area contributed by atoms with Crippen LogP contribution < -0.4 is 4.74 Å². The average molecular weight is 473 g/mol. The maximum atomic E-state index is 12.8. The van der Waals surface area contributed by atoms with Gasteiger partial charge in [0.25, 0.3) is 0 Å². The predicted molar refractivity (Wildman–Crippen MR) is 122 cm³/mol. The second-order valence-corrected chi connectivity index (χ2v) is 8.64. The van der Waals surface area contributed by atoms with E-state index in [4.69, 9.17) is 19.0 Å². The van der Waals surface area contributed by atoms with E-state index < -0.39 is 11.5 Å². The van der Waals surface area contributed by atoms with Gasteiger partial charge in [-0.05, 0) is 25.0 Å². The van der Waals surface area contributed by atoms with Crippen molar-refractivity contribution in [1.82, 2.24) is 19.7 Å². The Bertz CT molecular complexity index is 1000. The molecular formula is C24H32N4O6. The highest BCUT2D eigenvalue weighted by Gasteiger charge is 2.58. The van der Waals surface area contributed by atoms with Crippen LogP contribution in [-0.4, -0.2) is 84.8 Å². The molecule has 0 saturated carbocycles. The summed E-state index contributed by atoms with van der Waals surface area (Å²) in [6.45, 7) is 2.76. The SMILES string of the molecule is COCCON1C(=O)CC(C(=O)OC)C12CCN(Cc1cnn(-c3ccccc3OC)c1)CC2. The molecule has 184 valence electrons. The predicted octanol–water partition coefficient (Wildman–Crippen LogP) is 1.82. The molecule has 10 heteroatoms. The van der Waals surface area contributed by atoms with Crippen molar-refractivity contribution in [2.45, 2.75) is 31.3 Å². The van der Waals surface area contributed by atoms with E-state index in [1.54, 1.807) is 14.2 Å². The van der Waals surface area contributed by atoms with E-state index in [-0.39, 0.29) is 24.9 Å². The van der Waals surface area contributed by atoms with E-state index in [9.17, 15) is 9.59 Å². The number of piperidine rings is 1. The average Bonchev–Trinajstić information content (AvgIpc) is 3.43. The number of hydrogen-bond acceptors (Lipinski definition) is 8. The zero-order chi connectivity index (χ0) is 24.1. The lowest BCUT2D eigenvalue weighted by molar-refractivity contribution is -0.227. The van der Waals surface area contributed by atoms with Crippen molar-refractivity contribution >= 4 is 11.9 Å². The first-order valence-corrected chi connectivity index (χ1v) is 11.4. The Hall–Kier alpha value is -2.95. The van der Waals surface area contributed by atoms with Gasteiger partial charge in [0.05, 0.1) is 45.1 Å². The molecule has 4 rings (SSSR count). The molecule has 0 aliphatic carbocycles. The van der Waals surface area contributed by atoms with Gasteiger partial charge in [-0.15, -0.1) is 0 Å². The lowest BCUT2D eigenvalue weighted by atomic mass is 9.77. The summed E-state index contributed by atoms with van der Waals surface area (Å²) < 4.78 is 17.4. The molecule has 2 saturated heterocycles. The van der Waals surface area contributed by atoms with Crippen molar-refractivity contribution in [3.63, 3.8) is 0 Å². The number of para-hydroxylation sites is 2. The van der Waals surface area contributed by atoms with Crippen LogP contribution in [-0.2, 0) is 30.4 Å². The van der Waals surface area contributed by atoms with Gasteiger partial charge in [-0.25, -0.2) is 9.75 Å². The van der Waals surface area contributed by atoms with E-state index in [0.29, 0.717) is 39.1 Å². The Morgan fingerprint density at radius 2 is 1.91 bits per heavy atom. The molecule has 1 atom stereocenters. The van der Waals surface area contributed by atoms with Gasteiger partial charge in [-0.3, -0.25) is 19.3 Å².